The fourth-order valence-electron chi connectivity index (χ4n) is 2.07. The van der Waals surface area contributed by atoms with Gasteiger partial charge in [-0.3, -0.25) is 0 Å². The van der Waals surface area contributed by atoms with E-state index in [1.54, 1.807) is 11.1 Å². The molecule has 0 heteroatoms. The van der Waals surface area contributed by atoms with Gasteiger partial charge in [-0.05, 0) is 55.4 Å². The van der Waals surface area contributed by atoms with E-state index in [2.05, 4.69) is 26.0 Å². The summed E-state index contributed by atoms with van der Waals surface area (Å²) in [4.78, 5) is 0. The Balaban J connectivity index is 0.000000442. The summed E-state index contributed by atoms with van der Waals surface area (Å²) in [6, 6.07) is 4.50. The number of fused-ring (bicyclic) bond motifs is 1. The summed E-state index contributed by atoms with van der Waals surface area (Å²) in [5.74, 6) is 0. The van der Waals surface area contributed by atoms with E-state index < -0.39 is 0 Å². The van der Waals surface area contributed by atoms with Gasteiger partial charge in [0.05, 0.1) is 0 Å². The van der Waals surface area contributed by atoms with Crippen molar-refractivity contribution in [3.63, 3.8) is 0 Å². The number of hydrogen-bond acceptors (Lipinski definition) is 0. The van der Waals surface area contributed by atoms with Crippen LogP contribution >= 0.6 is 0 Å². The Hall–Kier alpha value is -0.780. The number of benzene rings is 1. The lowest BCUT2D eigenvalue weighted by Crippen LogP contribution is -1.90. The Morgan fingerprint density at radius 1 is 0.733 bits per heavy atom. The molecule has 0 amide bonds. The second kappa shape index (κ2) is 7.50. The molecule has 0 saturated heterocycles. The van der Waals surface area contributed by atoms with Crippen molar-refractivity contribution >= 4 is 0 Å². The molecule has 2 rings (SSSR count). The fourth-order valence-corrected chi connectivity index (χ4v) is 2.07. The fraction of sp³-hybridized carbons (Fsp3) is 0.600. The first kappa shape index (κ1) is 14.2. The molecular weight excluding hydrogens is 180 g/mol. The normalized spacial score (nSPS) is 11.9. The predicted octanol–water partition coefficient (Wildman–Crippen LogP) is 4.84. The maximum Gasteiger partial charge on any atom is -0.0270 e. The Morgan fingerprint density at radius 2 is 1.07 bits per heavy atom. The maximum atomic E-state index is 2.25. The van der Waals surface area contributed by atoms with Crippen LogP contribution in [0.2, 0.25) is 0 Å². The zero-order valence-corrected chi connectivity index (χ0v) is 11.3. The highest BCUT2D eigenvalue weighted by Gasteiger charge is 2.13. The molecule has 0 N–H and O–H groups in total. The Morgan fingerprint density at radius 3 is 1.40 bits per heavy atom. The molecule has 15 heavy (non-hydrogen) atoms. The SMILES string of the molecule is CC.CC.Cc1ccc(C)c2c1CCC2. The van der Waals surface area contributed by atoms with Gasteiger partial charge in [0.1, 0.15) is 0 Å². The molecule has 0 aromatic heterocycles. The van der Waals surface area contributed by atoms with E-state index in [9.17, 15) is 0 Å². The van der Waals surface area contributed by atoms with Crippen molar-refractivity contribution in [3.8, 4) is 0 Å². The lowest BCUT2D eigenvalue weighted by atomic mass is 10.0. The van der Waals surface area contributed by atoms with Crippen LogP contribution in [0.15, 0.2) is 12.1 Å². The van der Waals surface area contributed by atoms with Gasteiger partial charge in [-0.25, -0.2) is 0 Å². The van der Waals surface area contributed by atoms with Crippen molar-refractivity contribution in [1.29, 1.82) is 0 Å². The zero-order chi connectivity index (χ0) is 11.8. The van der Waals surface area contributed by atoms with Gasteiger partial charge in [0.2, 0.25) is 0 Å². The lowest BCUT2D eigenvalue weighted by molar-refractivity contribution is 0.907. The van der Waals surface area contributed by atoms with Crippen LogP contribution in [0.5, 0.6) is 0 Å². The quantitative estimate of drug-likeness (QED) is 0.569. The van der Waals surface area contributed by atoms with Crippen molar-refractivity contribution in [2.24, 2.45) is 0 Å². The molecule has 0 unspecified atom stereocenters. The second-order valence-corrected chi connectivity index (χ2v) is 3.51. The van der Waals surface area contributed by atoms with Crippen LogP contribution in [0.25, 0.3) is 0 Å². The third-order valence-electron chi connectivity index (χ3n) is 2.75. The predicted molar refractivity (Wildman–Crippen MR) is 70.6 cm³/mol. The number of rotatable bonds is 0. The highest BCUT2D eigenvalue weighted by Crippen LogP contribution is 2.27. The second-order valence-electron chi connectivity index (χ2n) is 3.51. The molecule has 0 heterocycles. The first-order valence-corrected chi connectivity index (χ1v) is 6.37. The molecule has 0 radical (unpaired) electrons. The van der Waals surface area contributed by atoms with E-state index in [4.69, 9.17) is 0 Å². The van der Waals surface area contributed by atoms with E-state index in [1.807, 2.05) is 27.7 Å². The molecule has 1 aliphatic rings. The molecule has 0 saturated carbocycles. The summed E-state index contributed by atoms with van der Waals surface area (Å²) >= 11 is 0. The van der Waals surface area contributed by atoms with Crippen LogP contribution in [-0.4, -0.2) is 0 Å². The van der Waals surface area contributed by atoms with E-state index in [0.29, 0.717) is 0 Å². The molecule has 0 bridgehead atoms. The van der Waals surface area contributed by atoms with E-state index in [0.717, 1.165) is 0 Å². The minimum atomic E-state index is 1.31. The van der Waals surface area contributed by atoms with Gasteiger partial charge in [0.15, 0.2) is 0 Å². The molecule has 0 nitrogen and oxygen atoms in total. The van der Waals surface area contributed by atoms with Gasteiger partial charge in [-0.1, -0.05) is 39.8 Å². The molecule has 1 aromatic carbocycles. The van der Waals surface area contributed by atoms with E-state index in [-0.39, 0.29) is 0 Å². The van der Waals surface area contributed by atoms with E-state index >= 15 is 0 Å². The molecule has 1 aromatic rings. The first-order chi connectivity index (χ1) is 7.29. The van der Waals surface area contributed by atoms with Crippen LogP contribution in [0.3, 0.4) is 0 Å². The van der Waals surface area contributed by atoms with Crippen molar-refractivity contribution < 1.29 is 0 Å². The zero-order valence-electron chi connectivity index (χ0n) is 11.3. The van der Waals surface area contributed by atoms with Gasteiger partial charge in [-0.15, -0.1) is 0 Å². The smallest absolute Gasteiger partial charge is 0.0270 e. The van der Waals surface area contributed by atoms with Gasteiger partial charge in [-0.2, -0.15) is 0 Å². The highest BCUT2D eigenvalue weighted by atomic mass is 14.2. The summed E-state index contributed by atoms with van der Waals surface area (Å²) in [6.45, 7) is 12.5. The molecular formula is C15H26. The van der Waals surface area contributed by atoms with Crippen LogP contribution in [-0.2, 0) is 12.8 Å². The molecule has 1 aliphatic carbocycles. The molecule has 0 spiro atoms. The van der Waals surface area contributed by atoms with Crippen LogP contribution < -0.4 is 0 Å². The summed E-state index contributed by atoms with van der Waals surface area (Å²) in [6.07, 6.45) is 3.98. The Kier molecular flexibility index (Phi) is 7.11. The average Bonchev–Trinajstić information content (AvgIpc) is 2.79. The van der Waals surface area contributed by atoms with Gasteiger partial charge < -0.3 is 0 Å². The molecule has 86 valence electrons. The van der Waals surface area contributed by atoms with Gasteiger partial charge in [0.25, 0.3) is 0 Å². The molecule has 0 fully saturated rings. The van der Waals surface area contributed by atoms with Crippen molar-refractivity contribution in [3.05, 3.63) is 34.4 Å². The van der Waals surface area contributed by atoms with Gasteiger partial charge >= 0.3 is 0 Å². The standard InChI is InChI=1S/C11H14.2C2H6/c1-8-6-7-9(2)11-5-3-4-10(8)11;2*1-2/h6-7H,3-5H2,1-2H3;2*1-2H3. The van der Waals surface area contributed by atoms with Crippen molar-refractivity contribution in [1.82, 2.24) is 0 Å². The van der Waals surface area contributed by atoms with Crippen LogP contribution in [0, 0.1) is 13.8 Å². The average molecular weight is 206 g/mol. The maximum absolute atomic E-state index is 2.25. The summed E-state index contributed by atoms with van der Waals surface area (Å²) in [7, 11) is 0. The summed E-state index contributed by atoms with van der Waals surface area (Å²) in [5, 5.41) is 0. The lowest BCUT2D eigenvalue weighted by Gasteiger charge is -2.05. The third-order valence-corrected chi connectivity index (χ3v) is 2.75. The Labute approximate surface area is 95.7 Å². The monoisotopic (exact) mass is 206 g/mol. The van der Waals surface area contributed by atoms with Crippen LogP contribution in [0.1, 0.15) is 56.4 Å². The number of hydrogen-bond donors (Lipinski definition) is 0. The minimum Gasteiger partial charge on any atom is -0.0683 e. The summed E-state index contributed by atoms with van der Waals surface area (Å²) in [5.41, 5.74) is 6.24. The third kappa shape index (κ3) is 3.37. The van der Waals surface area contributed by atoms with Crippen molar-refractivity contribution in [2.45, 2.75) is 60.8 Å². The minimum absolute atomic E-state index is 1.31. The topological polar surface area (TPSA) is 0 Å². The largest absolute Gasteiger partial charge is 0.0683 e. The van der Waals surface area contributed by atoms with Gasteiger partial charge in [0, 0.05) is 0 Å². The van der Waals surface area contributed by atoms with Crippen LogP contribution in [0.4, 0.5) is 0 Å². The highest BCUT2D eigenvalue weighted by molar-refractivity contribution is 5.42. The summed E-state index contributed by atoms with van der Waals surface area (Å²) < 4.78 is 0. The number of aryl methyl sites for hydroxylation is 2. The molecule has 0 atom stereocenters. The van der Waals surface area contributed by atoms with E-state index in [1.165, 1.54) is 30.4 Å². The first-order valence-electron chi connectivity index (χ1n) is 6.37. The molecule has 0 aliphatic heterocycles. The Bertz CT molecular complexity index is 255. The van der Waals surface area contributed by atoms with Crippen molar-refractivity contribution in [2.75, 3.05) is 0 Å².